The lowest BCUT2D eigenvalue weighted by atomic mass is 10.1. The summed E-state index contributed by atoms with van der Waals surface area (Å²) in [6.45, 7) is 2.75. The van der Waals surface area contributed by atoms with Gasteiger partial charge in [0, 0.05) is 24.3 Å². The summed E-state index contributed by atoms with van der Waals surface area (Å²) in [7, 11) is 3.30. The second-order valence-electron chi connectivity index (χ2n) is 6.71. The highest BCUT2D eigenvalue weighted by molar-refractivity contribution is 5.44. The van der Waals surface area contributed by atoms with Gasteiger partial charge >= 0.3 is 0 Å². The molecule has 0 spiro atoms. The zero-order chi connectivity index (χ0) is 18.4. The molecule has 3 rings (SSSR count). The van der Waals surface area contributed by atoms with Gasteiger partial charge in [-0.2, -0.15) is 4.98 Å². The summed E-state index contributed by atoms with van der Waals surface area (Å²) in [5, 5.41) is 6.87. The molecule has 1 aromatic carbocycles. The molecule has 1 fully saturated rings. The monoisotopic (exact) mass is 356 g/mol. The van der Waals surface area contributed by atoms with Gasteiger partial charge in [-0.05, 0) is 43.9 Å². The van der Waals surface area contributed by atoms with Gasteiger partial charge in [0.05, 0.1) is 14.2 Å². The Kier molecular flexibility index (Phi) is 6.15. The first kappa shape index (κ1) is 18.3. The lowest BCUT2D eigenvalue weighted by Crippen LogP contribution is -2.17. The minimum absolute atomic E-state index is 0.545. The molecule has 0 radical (unpaired) electrons. The Labute approximate surface area is 155 Å². The Morgan fingerprint density at radius 2 is 1.81 bits per heavy atom. The van der Waals surface area contributed by atoms with Crippen LogP contribution in [-0.4, -0.2) is 36.8 Å². The van der Waals surface area contributed by atoms with Crippen LogP contribution in [0, 0.1) is 6.92 Å². The maximum atomic E-state index is 5.36. The molecule has 2 aromatic rings. The van der Waals surface area contributed by atoms with Crippen LogP contribution in [0.5, 0.6) is 11.5 Å². The molecule has 0 unspecified atom stereocenters. The summed E-state index contributed by atoms with van der Waals surface area (Å²) in [6, 6.07) is 8.54. The Bertz CT molecular complexity index is 730. The molecule has 140 valence electrons. The van der Waals surface area contributed by atoms with E-state index in [9.17, 15) is 0 Å². The van der Waals surface area contributed by atoms with E-state index in [2.05, 4.69) is 20.6 Å². The van der Waals surface area contributed by atoms with Crippen molar-refractivity contribution in [2.75, 3.05) is 31.4 Å². The number of nitrogens with one attached hydrogen (secondary N) is 2. The molecule has 0 saturated heterocycles. The largest absolute Gasteiger partial charge is 0.493 e. The first-order valence-corrected chi connectivity index (χ1v) is 9.25. The van der Waals surface area contributed by atoms with Gasteiger partial charge in [-0.15, -0.1) is 0 Å². The van der Waals surface area contributed by atoms with E-state index in [1.807, 2.05) is 31.2 Å². The van der Waals surface area contributed by atoms with Crippen molar-refractivity contribution in [3.8, 4) is 11.5 Å². The molecule has 0 amide bonds. The average Bonchev–Trinajstić information content (AvgIpc) is 3.14. The number of nitrogens with zero attached hydrogens (tertiary/aromatic N) is 2. The summed E-state index contributed by atoms with van der Waals surface area (Å²) in [5.74, 6) is 3.08. The highest BCUT2D eigenvalue weighted by atomic mass is 16.5. The number of anilines is 2. The van der Waals surface area contributed by atoms with Crippen molar-refractivity contribution < 1.29 is 9.47 Å². The maximum Gasteiger partial charge on any atom is 0.224 e. The number of methoxy groups -OCH3 is 2. The number of ether oxygens (including phenoxy) is 2. The van der Waals surface area contributed by atoms with Gasteiger partial charge in [0.15, 0.2) is 11.5 Å². The summed E-state index contributed by atoms with van der Waals surface area (Å²) in [4.78, 5) is 9.11. The van der Waals surface area contributed by atoms with Crippen molar-refractivity contribution in [1.29, 1.82) is 0 Å². The van der Waals surface area contributed by atoms with Crippen molar-refractivity contribution >= 4 is 11.8 Å². The Morgan fingerprint density at radius 1 is 1.04 bits per heavy atom. The predicted octanol–water partition coefficient (Wildman–Crippen LogP) is 3.81. The van der Waals surface area contributed by atoms with Crippen LogP contribution in [0.3, 0.4) is 0 Å². The van der Waals surface area contributed by atoms with E-state index in [0.717, 1.165) is 36.0 Å². The van der Waals surface area contributed by atoms with Crippen LogP contribution < -0.4 is 20.1 Å². The van der Waals surface area contributed by atoms with Crippen molar-refractivity contribution in [2.45, 2.75) is 45.1 Å². The van der Waals surface area contributed by atoms with Gasteiger partial charge in [-0.25, -0.2) is 4.98 Å². The van der Waals surface area contributed by atoms with Crippen LogP contribution in [0.4, 0.5) is 11.8 Å². The van der Waals surface area contributed by atoms with Crippen molar-refractivity contribution in [2.24, 2.45) is 0 Å². The van der Waals surface area contributed by atoms with Crippen LogP contribution in [0.2, 0.25) is 0 Å². The molecule has 6 heteroatoms. The molecular formula is C20H28N4O2. The Balaban J connectivity index is 1.58. The average molecular weight is 356 g/mol. The van der Waals surface area contributed by atoms with Crippen LogP contribution in [-0.2, 0) is 6.42 Å². The van der Waals surface area contributed by atoms with E-state index in [0.29, 0.717) is 12.0 Å². The number of aryl methyl sites for hydroxylation is 1. The molecule has 1 aliphatic rings. The van der Waals surface area contributed by atoms with Crippen molar-refractivity contribution in [3.63, 3.8) is 0 Å². The van der Waals surface area contributed by atoms with Gasteiger partial charge in [0.25, 0.3) is 0 Å². The summed E-state index contributed by atoms with van der Waals surface area (Å²) in [6.07, 6.45) is 5.91. The highest BCUT2D eigenvalue weighted by Crippen LogP contribution is 2.27. The molecule has 2 N–H and O–H groups in total. The topological polar surface area (TPSA) is 68.3 Å². The maximum absolute atomic E-state index is 5.36. The van der Waals surface area contributed by atoms with Gasteiger partial charge in [-0.1, -0.05) is 18.9 Å². The summed E-state index contributed by atoms with van der Waals surface area (Å²) in [5.41, 5.74) is 2.14. The molecule has 6 nitrogen and oxygen atoms in total. The van der Waals surface area contributed by atoms with Gasteiger partial charge in [0.2, 0.25) is 5.95 Å². The van der Waals surface area contributed by atoms with E-state index in [1.54, 1.807) is 14.2 Å². The fraction of sp³-hybridized carbons (Fsp3) is 0.500. The molecule has 0 bridgehead atoms. The van der Waals surface area contributed by atoms with Crippen LogP contribution >= 0.6 is 0 Å². The van der Waals surface area contributed by atoms with Crippen molar-refractivity contribution in [1.82, 2.24) is 9.97 Å². The van der Waals surface area contributed by atoms with Crippen LogP contribution in [0.1, 0.15) is 36.9 Å². The number of hydrogen-bond acceptors (Lipinski definition) is 6. The van der Waals surface area contributed by atoms with Gasteiger partial charge in [0.1, 0.15) is 5.82 Å². The predicted molar refractivity (Wildman–Crippen MR) is 104 cm³/mol. The van der Waals surface area contributed by atoms with E-state index in [4.69, 9.17) is 9.47 Å². The summed E-state index contributed by atoms with van der Waals surface area (Å²) < 4.78 is 10.6. The second-order valence-corrected chi connectivity index (χ2v) is 6.71. The standard InChI is InChI=1S/C20H28N4O2/c1-14-12-19(23-16-6-4-5-7-16)24-20(22-14)21-11-10-15-8-9-17(25-2)18(13-15)26-3/h8-9,12-13,16H,4-7,10-11H2,1-3H3,(H2,21,22,23,24). The molecule has 1 saturated carbocycles. The first-order chi connectivity index (χ1) is 12.7. The van der Waals surface area contributed by atoms with E-state index >= 15 is 0 Å². The first-order valence-electron chi connectivity index (χ1n) is 9.25. The minimum atomic E-state index is 0.545. The summed E-state index contributed by atoms with van der Waals surface area (Å²) >= 11 is 0. The third-order valence-electron chi connectivity index (χ3n) is 4.71. The number of hydrogen-bond donors (Lipinski definition) is 2. The fourth-order valence-corrected chi connectivity index (χ4v) is 3.36. The molecule has 1 heterocycles. The number of aromatic nitrogens is 2. The van der Waals surface area contributed by atoms with Gasteiger partial charge < -0.3 is 20.1 Å². The SMILES string of the molecule is COc1ccc(CCNc2nc(C)cc(NC3CCCC3)n2)cc1OC. The van der Waals surface area contributed by atoms with E-state index < -0.39 is 0 Å². The van der Waals surface area contributed by atoms with E-state index in [-0.39, 0.29) is 0 Å². The molecule has 0 atom stereocenters. The molecule has 0 aliphatic heterocycles. The normalized spacial score (nSPS) is 14.3. The quantitative estimate of drug-likeness (QED) is 0.750. The highest BCUT2D eigenvalue weighted by Gasteiger charge is 2.15. The van der Waals surface area contributed by atoms with Gasteiger partial charge in [-0.3, -0.25) is 0 Å². The smallest absolute Gasteiger partial charge is 0.224 e. The Hall–Kier alpha value is -2.50. The number of benzene rings is 1. The molecular weight excluding hydrogens is 328 g/mol. The third-order valence-corrected chi connectivity index (χ3v) is 4.71. The van der Waals surface area contributed by atoms with Crippen LogP contribution in [0.25, 0.3) is 0 Å². The van der Waals surface area contributed by atoms with E-state index in [1.165, 1.54) is 31.2 Å². The van der Waals surface area contributed by atoms with Crippen LogP contribution in [0.15, 0.2) is 24.3 Å². The molecule has 26 heavy (non-hydrogen) atoms. The lowest BCUT2D eigenvalue weighted by molar-refractivity contribution is 0.354. The minimum Gasteiger partial charge on any atom is -0.493 e. The second kappa shape index (κ2) is 8.74. The number of rotatable bonds is 8. The third kappa shape index (κ3) is 4.77. The fourth-order valence-electron chi connectivity index (χ4n) is 3.36. The molecule has 1 aromatic heterocycles. The lowest BCUT2D eigenvalue weighted by Gasteiger charge is -2.14. The zero-order valence-electron chi connectivity index (χ0n) is 15.8. The zero-order valence-corrected chi connectivity index (χ0v) is 15.8. The molecule has 1 aliphatic carbocycles. The van der Waals surface area contributed by atoms with Crippen molar-refractivity contribution in [3.05, 3.63) is 35.5 Å². The Morgan fingerprint density at radius 3 is 2.54 bits per heavy atom.